The van der Waals surface area contributed by atoms with Crippen LogP contribution >= 0.6 is 0 Å². The number of aldehydes is 1. The van der Waals surface area contributed by atoms with Gasteiger partial charge in [0, 0.05) is 7.05 Å². The zero-order valence-electron chi connectivity index (χ0n) is 7.72. The molecule has 0 aromatic heterocycles. The number of carbonyl (C=O) groups is 1. The molecule has 0 aliphatic carbocycles. The maximum atomic E-state index is 9.85. The summed E-state index contributed by atoms with van der Waals surface area (Å²) in [5, 5.41) is 2.82. The van der Waals surface area contributed by atoms with Crippen molar-refractivity contribution >= 4 is 6.29 Å². The van der Waals surface area contributed by atoms with Crippen LogP contribution in [0.3, 0.4) is 0 Å². The molecule has 0 aromatic carbocycles. The van der Waals surface area contributed by atoms with E-state index in [1.807, 2.05) is 33.9 Å². The average Bonchev–Trinajstić information content (AvgIpc) is 2.05. The zero-order chi connectivity index (χ0) is 9.11. The van der Waals surface area contributed by atoms with E-state index in [0.717, 1.165) is 11.9 Å². The van der Waals surface area contributed by atoms with Gasteiger partial charge < -0.3 is 5.32 Å². The molecule has 64 valence electrons. The molecule has 11 heavy (non-hydrogen) atoms. The first-order chi connectivity index (χ1) is 5.31. The maximum Gasteiger partial charge on any atom is 0.143 e. The van der Waals surface area contributed by atoms with Crippen molar-refractivity contribution in [2.45, 2.75) is 20.8 Å². The first-order valence-electron chi connectivity index (χ1n) is 3.77. The van der Waals surface area contributed by atoms with Crippen LogP contribution in [0.2, 0.25) is 0 Å². The van der Waals surface area contributed by atoms with Crippen molar-refractivity contribution in [1.29, 1.82) is 0 Å². The van der Waals surface area contributed by atoms with E-state index in [4.69, 9.17) is 0 Å². The molecule has 2 heteroatoms. The van der Waals surface area contributed by atoms with E-state index in [2.05, 4.69) is 5.32 Å². The minimum atomic E-state index is 0.773. The Bertz CT molecular complexity index is 136. The first-order valence-corrected chi connectivity index (χ1v) is 3.77. The molecule has 0 aliphatic rings. The highest BCUT2D eigenvalue weighted by Crippen LogP contribution is 1.89. The molecule has 0 atom stereocenters. The van der Waals surface area contributed by atoms with Gasteiger partial charge in [-0.05, 0) is 30.8 Å². The van der Waals surface area contributed by atoms with Gasteiger partial charge in [0.1, 0.15) is 6.29 Å². The van der Waals surface area contributed by atoms with Crippen LogP contribution in [0.25, 0.3) is 0 Å². The summed E-state index contributed by atoms with van der Waals surface area (Å²) in [4.78, 5) is 9.85. The zero-order valence-corrected chi connectivity index (χ0v) is 7.72. The molecule has 0 aliphatic heterocycles. The molecule has 2 nitrogen and oxygen atoms in total. The summed E-state index contributed by atoms with van der Waals surface area (Å²) in [5.74, 6) is 0. The van der Waals surface area contributed by atoms with Crippen LogP contribution in [0.4, 0.5) is 0 Å². The Morgan fingerprint density at radius 3 is 2.27 bits per heavy atom. The van der Waals surface area contributed by atoms with Gasteiger partial charge in [0.25, 0.3) is 0 Å². The Kier molecular flexibility index (Phi) is 13.4. The summed E-state index contributed by atoms with van der Waals surface area (Å²) in [6.07, 6.45) is 5.88. The Morgan fingerprint density at radius 1 is 1.36 bits per heavy atom. The third kappa shape index (κ3) is 12.2. The lowest BCUT2D eigenvalue weighted by Crippen LogP contribution is -1.90. The Hall–Kier alpha value is -1.05. The topological polar surface area (TPSA) is 29.1 Å². The fourth-order valence-electron chi connectivity index (χ4n) is 0.378. The molecule has 0 amide bonds. The number of hydrogen-bond acceptors (Lipinski definition) is 2. The summed E-state index contributed by atoms with van der Waals surface area (Å²) < 4.78 is 0. The monoisotopic (exact) mass is 155 g/mol. The van der Waals surface area contributed by atoms with Crippen LogP contribution in [0.5, 0.6) is 0 Å². The quantitative estimate of drug-likeness (QED) is 0.383. The van der Waals surface area contributed by atoms with Crippen molar-refractivity contribution in [3.8, 4) is 0 Å². The second kappa shape index (κ2) is 11.7. The lowest BCUT2D eigenvalue weighted by atomic mass is 10.3. The SMILES string of the molecule is CC.CN/C=C\C(C)=C/C=O. The lowest BCUT2D eigenvalue weighted by molar-refractivity contribution is -0.104. The van der Waals surface area contributed by atoms with E-state index in [-0.39, 0.29) is 0 Å². The second-order valence-corrected chi connectivity index (χ2v) is 1.67. The Balaban J connectivity index is 0. The number of nitrogens with one attached hydrogen (secondary N) is 1. The van der Waals surface area contributed by atoms with Gasteiger partial charge in [-0.2, -0.15) is 0 Å². The highest BCUT2D eigenvalue weighted by atomic mass is 16.1. The number of hydrogen-bond donors (Lipinski definition) is 1. The molecule has 0 unspecified atom stereocenters. The first kappa shape index (κ1) is 12.6. The summed E-state index contributed by atoms with van der Waals surface area (Å²) in [5.41, 5.74) is 0.944. The van der Waals surface area contributed by atoms with Gasteiger partial charge in [-0.1, -0.05) is 13.8 Å². The normalized spacial score (nSPS) is 10.4. The molecule has 0 bridgehead atoms. The molecule has 0 rings (SSSR count). The van der Waals surface area contributed by atoms with Gasteiger partial charge in [-0.3, -0.25) is 4.79 Å². The fourth-order valence-corrected chi connectivity index (χ4v) is 0.378. The second-order valence-electron chi connectivity index (χ2n) is 1.67. The molecular formula is C9H17NO. The molecule has 0 aromatic rings. The molecule has 0 saturated carbocycles. The van der Waals surface area contributed by atoms with E-state index in [9.17, 15) is 4.79 Å². The van der Waals surface area contributed by atoms with Crippen molar-refractivity contribution in [1.82, 2.24) is 5.32 Å². The van der Waals surface area contributed by atoms with E-state index < -0.39 is 0 Å². The van der Waals surface area contributed by atoms with E-state index in [0.29, 0.717) is 0 Å². The van der Waals surface area contributed by atoms with E-state index in [1.165, 1.54) is 6.08 Å². The van der Waals surface area contributed by atoms with Crippen LogP contribution in [0.1, 0.15) is 20.8 Å². The number of rotatable bonds is 3. The molecule has 0 fully saturated rings. The van der Waals surface area contributed by atoms with Gasteiger partial charge in [0.05, 0.1) is 0 Å². The van der Waals surface area contributed by atoms with Gasteiger partial charge in [-0.25, -0.2) is 0 Å². The van der Waals surface area contributed by atoms with Crippen molar-refractivity contribution in [3.05, 3.63) is 23.9 Å². The van der Waals surface area contributed by atoms with Crippen molar-refractivity contribution in [2.24, 2.45) is 0 Å². The van der Waals surface area contributed by atoms with Crippen LogP contribution in [0, 0.1) is 0 Å². The van der Waals surface area contributed by atoms with Crippen LogP contribution < -0.4 is 5.32 Å². The fraction of sp³-hybridized carbons (Fsp3) is 0.444. The minimum absolute atomic E-state index is 0.773. The molecule has 0 heterocycles. The van der Waals surface area contributed by atoms with E-state index >= 15 is 0 Å². The summed E-state index contributed by atoms with van der Waals surface area (Å²) in [6, 6.07) is 0. The molecule has 0 saturated heterocycles. The Labute approximate surface area is 69.0 Å². The molecular weight excluding hydrogens is 138 g/mol. The molecule has 0 radical (unpaired) electrons. The highest BCUT2D eigenvalue weighted by molar-refractivity contribution is 5.66. The van der Waals surface area contributed by atoms with Gasteiger partial charge in [-0.15, -0.1) is 0 Å². The van der Waals surface area contributed by atoms with Crippen LogP contribution in [0.15, 0.2) is 23.9 Å². The largest absolute Gasteiger partial charge is 0.394 e. The average molecular weight is 155 g/mol. The summed E-state index contributed by atoms with van der Waals surface area (Å²) in [7, 11) is 1.81. The third-order valence-corrected chi connectivity index (χ3v) is 0.844. The molecule has 0 spiro atoms. The van der Waals surface area contributed by atoms with Gasteiger partial charge in [0.2, 0.25) is 0 Å². The number of carbonyl (C=O) groups excluding carboxylic acids is 1. The van der Waals surface area contributed by atoms with Crippen LogP contribution in [-0.4, -0.2) is 13.3 Å². The molecule has 1 N–H and O–H groups in total. The van der Waals surface area contributed by atoms with Gasteiger partial charge in [0.15, 0.2) is 0 Å². The predicted octanol–water partition coefficient (Wildman–Crippen LogP) is 1.89. The maximum absolute atomic E-state index is 9.85. The summed E-state index contributed by atoms with van der Waals surface area (Å²) >= 11 is 0. The number of allylic oxidation sites excluding steroid dienone is 3. The highest BCUT2D eigenvalue weighted by Gasteiger charge is 1.75. The standard InChI is InChI=1S/C7H11NO.C2H6/c1-7(4-6-9)3-5-8-2;1-2/h3-6,8H,1-2H3;1-2H3/b5-3-,7-4-;. The lowest BCUT2D eigenvalue weighted by Gasteiger charge is -1.86. The predicted molar refractivity (Wildman–Crippen MR) is 49.4 cm³/mol. The van der Waals surface area contributed by atoms with Crippen molar-refractivity contribution in [3.63, 3.8) is 0 Å². The van der Waals surface area contributed by atoms with E-state index in [1.54, 1.807) is 6.20 Å². The smallest absolute Gasteiger partial charge is 0.143 e. The van der Waals surface area contributed by atoms with Crippen LogP contribution in [-0.2, 0) is 4.79 Å². The Morgan fingerprint density at radius 2 is 1.91 bits per heavy atom. The minimum Gasteiger partial charge on any atom is -0.394 e. The third-order valence-electron chi connectivity index (χ3n) is 0.844. The van der Waals surface area contributed by atoms with Gasteiger partial charge >= 0.3 is 0 Å². The van der Waals surface area contributed by atoms with Crippen molar-refractivity contribution in [2.75, 3.05) is 7.05 Å². The summed E-state index contributed by atoms with van der Waals surface area (Å²) in [6.45, 7) is 5.86. The van der Waals surface area contributed by atoms with Crippen molar-refractivity contribution < 1.29 is 4.79 Å².